The molecule has 0 fully saturated rings. The molecule has 0 saturated carbocycles. The lowest BCUT2D eigenvalue weighted by molar-refractivity contribution is 0.0954. The van der Waals surface area contributed by atoms with Crippen LogP contribution in [0.1, 0.15) is 41.6 Å². The Hall–Kier alpha value is -1.52. The van der Waals surface area contributed by atoms with Crippen molar-refractivity contribution in [3.05, 3.63) is 51.3 Å². The molecule has 154 valence electrons. The van der Waals surface area contributed by atoms with Crippen molar-refractivity contribution in [1.82, 2.24) is 21.1 Å². The molecule has 0 radical (unpaired) electrons. The smallest absolute Gasteiger partial charge is 0.251 e. The van der Waals surface area contributed by atoms with Crippen LogP contribution < -0.4 is 16.0 Å². The summed E-state index contributed by atoms with van der Waals surface area (Å²) in [6.07, 6.45) is 0. The van der Waals surface area contributed by atoms with Gasteiger partial charge in [-0.3, -0.25) is 9.79 Å². The Bertz CT molecular complexity index is 811. The largest absolute Gasteiger partial charge is 0.359 e. The molecule has 0 bridgehead atoms. The van der Waals surface area contributed by atoms with E-state index in [1.165, 1.54) is 6.07 Å². The van der Waals surface area contributed by atoms with Gasteiger partial charge in [-0.2, -0.15) is 0 Å². The Morgan fingerprint density at radius 3 is 2.46 bits per heavy atom. The summed E-state index contributed by atoms with van der Waals surface area (Å²) < 4.78 is 5.27. The summed E-state index contributed by atoms with van der Waals surface area (Å²) in [6, 6.07) is 6.68. The fourth-order valence-electron chi connectivity index (χ4n) is 2.17. The number of aliphatic imine (C=N–C) groups is 1. The number of hydrogen-bond acceptors (Lipinski definition) is 4. The molecule has 2 rings (SSSR count). The van der Waals surface area contributed by atoms with Crippen molar-refractivity contribution in [2.75, 3.05) is 20.1 Å². The molecule has 0 unspecified atom stereocenters. The van der Waals surface area contributed by atoms with Gasteiger partial charge >= 0.3 is 0 Å². The minimum Gasteiger partial charge on any atom is -0.359 e. The number of hydrogen-bond donors (Lipinski definition) is 3. The average molecular weight is 540 g/mol. The summed E-state index contributed by atoms with van der Waals surface area (Å²) >= 11 is 11.8. The van der Waals surface area contributed by atoms with Gasteiger partial charge in [0.2, 0.25) is 0 Å². The predicted molar refractivity (Wildman–Crippen MR) is 123 cm³/mol. The lowest BCUT2D eigenvalue weighted by Crippen LogP contribution is -2.41. The number of rotatable bonds is 7. The third kappa shape index (κ3) is 7.48. The van der Waals surface area contributed by atoms with Gasteiger partial charge in [0.15, 0.2) is 11.7 Å². The molecular weight excluding hydrogens is 516 g/mol. The highest BCUT2D eigenvalue weighted by atomic mass is 127. The van der Waals surface area contributed by atoms with E-state index in [4.69, 9.17) is 27.7 Å². The van der Waals surface area contributed by atoms with Crippen LogP contribution in [0.2, 0.25) is 10.0 Å². The molecule has 0 saturated heterocycles. The molecule has 7 nitrogen and oxygen atoms in total. The highest BCUT2D eigenvalue weighted by molar-refractivity contribution is 14.0. The van der Waals surface area contributed by atoms with Crippen molar-refractivity contribution in [1.29, 1.82) is 0 Å². The molecule has 2 aromatic rings. The summed E-state index contributed by atoms with van der Waals surface area (Å²) in [5.41, 5.74) is 1.37. The van der Waals surface area contributed by atoms with E-state index >= 15 is 0 Å². The second-order valence-corrected chi connectivity index (χ2v) is 6.92. The van der Waals surface area contributed by atoms with E-state index < -0.39 is 0 Å². The van der Waals surface area contributed by atoms with E-state index in [1.54, 1.807) is 19.2 Å². The van der Waals surface area contributed by atoms with E-state index in [0.29, 0.717) is 47.1 Å². The first-order valence-corrected chi connectivity index (χ1v) is 9.29. The van der Waals surface area contributed by atoms with E-state index in [0.717, 1.165) is 11.5 Å². The zero-order chi connectivity index (χ0) is 19.8. The third-order valence-electron chi connectivity index (χ3n) is 3.71. The number of carbonyl (C=O) groups excluding carboxylic acids is 1. The zero-order valence-corrected chi connectivity index (χ0v) is 19.7. The fraction of sp³-hybridized carbons (Fsp3) is 0.389. The van der Waals surface area contributed by atoms with Gasteiger partial charge in [-0.15, -0.1) is 24.0 Å². The molecule has 0 aliphatic carbocycles. The van der Waals surface area contributed by atoms with Gasteiger partial charge in [0.1, 0.15) is 0 Å². The summed E-state index contributed by atoms with van der Waals surface area (Å²) in [6.45, 7) is 5.50. The van der Waals surface area contributed by atoms with Crippen LogP contribution in [0.5, 0.6) is 0 Å². The molecule has 3 N–H and O–H groups in total. The summed E-state index contributed by atoms with van der Waals surface area (Å²) in [4.78, 5) is 16.2. The number of benzene rings is 1. The van der Waals surface area contributed by atoms with Crippen LogP contribution in [0.25, 0.3) is 0 Å². The van der Waals surface area contributed by atoms with Crippen LogP contribution in [0.3, 0.4) is 0 Å². The number of nitrogens with one attached hydrogen (secondary N) is 3. The summed E-state index contributed by atoms with van der Waals surface area (Å²) in [5.74, 6) is 1.43. The van der Waals surface area contributed by atoms with Crippen molar-refractivity contribution >= 4 is 59.0 Å². The molecule has 0 aliphatic heterocycles. The summed E-state index contributed by atoms with van der Waals surface area (Å²) in [5, 5.41) is 13.8. The maximum Gasteiger partial charge on any atom is 0.251 e. The number of aromatic nitrogens is 1. The van der Waals surface area contributed by atoms with Crippen LogP contribution in [0.15, 0.2) is 33.8 Å². The number of halogens is 3. The minimum atomic E-state index is -0.221. The topological polar surface area (TPSA) is 91.5 Å². The Labute approximate surface area is 191 Å². The van der Waals surface area contributed by atoms with Crippen LogP contribution in [-0.4, -0.2) is 37.2 Å². The molecule has 1 aromatic carbocycles. The highest BCUT2D eigenvalue weighted by Gasteiger charge is 2.09. The van der Waals surface area contributed by atoms with Gasteiger partial charge < -0.3 is 20.5 Å². The fourth-order valence-corrected chi connectivity index (χ4v) is 2.47. The van der Waals surface area contributed by atoms with Crippen molar-refractivity contribution in [2.45, 2.75) is 26.3 Å². The molecule has 28 heavy (non-hydrogen) atoms. The van der Waals surface area contributed by atoms with Gasteiger partial charge in [-0.05, 0) is 24.1 Å². The minimum absolute atomic E-state index is 0. The lowest BCUT2D eigenvalue weighted by Gasteiger charge is -2.11. The molecule has 0 aliphatic rings. The van der Waals surface area contributed by atoms with Crippen molar-refractivity contribution < 1.29 is 9.32 Å². The predicted octanol–water partition coefficient (Wildman–Crippen LogP) is 3.82. The number of nitrogens with zero attached hydrogens (tertiary/aromatic N) is 2. The van der Waals surface area contributed by atoms with E-state index in [2.05, 4.69) is 39.9 Å². The molecule has 1 amide bonds. The van der Waals surface area contributed by atoms with Crippen LogP contribution in [0.4, 0.5) is 0 Å². The third-order valence-corrected chi connectivity index (χ3v) is 4.45. The number of guanidine groups is 1. The first-order chi connectivity index (χ1) is 12.9. The number of carbonyl (C=O) groups is 1. The van der Waals surface area contributed by atoms with Crippen LogP contribution in [-0.2, 0) is 6.54 Å². The maximum absolute atomic E-state index is 12.1. The van der Waals surface area contributed by atoms with Gasteiger partial charge in [-0.25, -0.2) is 0 Å². The van der Waals surface area contributed by atoms with Crippen molar-refractivity contribution in [3.8, 4) is 0 Å². The number of amides is 1. The van der Waals surface area contributed by atoms with Crippen molar-refractivity contribution in [2.24, 2.45) is 4.99 Å². The standard InChI is InChI=1S/C18H23Cl2N5O2.HI/c1-11(2)16-9-13(27-25-16)10-24-18(21-3)23-7-6-22-17(26)12-4-5-14(19)15(20)8-12;/h4-5,8-9,11H,6-7,10H2,1-3H3,(H,22,26)(H2,21,23,24);1H. The van der Waals surface area contributed by atoms with E-state index in [-0.39, 0.29) is 29.9 Å². The molecule has 10 heteroatoms. The van der Waals surface area contributed by atoms with E-state index in [1.807, 2.05) is 6.07 Å². The zero-order valence-electron chi connectivity index (χ0n) is 15.9. The van der Waals surface area contributed by atoms with Gasteiger partial charge in [0, 0.05) is 31.8 Å². The van der Waals surface area contributed by atoms with Gasteiger partial charge in [0.05, 0.1) is 22.3 Å². The first kappa shape index (κ1) is 24.5. The second-order valence-electron chi connectivity index (χ2n) is 6.11. The SMILES string of the molecule is CN=C(NCCNC(=O)c1ccc(Cl)c(Cl)c1)NCc1cc(C(C)C)no1.I. The quantitative estimate of drug-likeness (QED) is 0.215. The van der Waals surface area contributed by atoms with Crippen LogP contribution in [0, 0.1) is 0 Å². The Morgan fingerprint density at radius 2 is 1.86 bits per heavy atom. The Morgan fingerprint density at radius 1 is 1.14 bits per heavy atom. The Balaban J connectivity index is 0.00000392. The first-order valence-electron chi connectivity index (χ1n) is 8.54. The Kier molecular flexibility index (Phi) is 10.6. The summed E-state index contributed by atoms with van der Waals surface area (Å²) in [7, 11) is 1.67. The molecule has 0 atom stereocenters. The average Bonchev–Trinajstić information content (AvgIpc) is 3.12. The highest BCUT2D eigenvalue weighted by Crippen LogP contribution is 2.22. The van der Waals surface area contributed by atoms with Crippen molar-refractivity contribution in [3.63, 3.8) is 0 Å². The molecule has 0 spiro atoms. The molecule has 1 heterocycles. The van der Waals surface area contributed by atoms with E-state index in [9.17, 15) is 4.79 Å². The van der Waals surface area contributed by atoms with Gasteiger partial charge in [0.25, 0.3) is 5.91 Å². The second kappa shape index (κ2) is 12.1. The van der Waals surface area contributed by atoms with Crippen LogP contribution >= 0.6 is 47.2 Å². The lowest BCUT2D eigenvalue weighted by atomic mass is 10.1. The molecular formula is C18H24Cl2IN5O2. The normalized spacial score (nSPS) is 11.1. The van der Waals surface area contributed by atoms with Gasteiger partial charge in [-0.1, -0.05) is 42.2 Å². The molecule has 1 aromatic heterocycles. The monoisotopic (exact) mass is 539 g/mol. The maximum atomic E-state index is 12.1.